The van der Waals surface area contributed by atoms with Crippen LogP contribution in [0.4, 0.5) is 4.39 Å². The lowest BCUT2D eigenvalue weighted by molar-refractivity contribution is 0.300. The Labute approximate surface area is 95.3 Å². The van der Waals surface area contributed by atoms with Crippen molar-refractivity contribution in [3.05, 3.63) is 59.9 Å². The second-order valence-corrected chi connectivity index (χ2v) is 3.45. The summed E-state index contributed by atoms with van der Waals surface area (Å²) in [6.45, 7) is 0.219. The van der Waals surface area contributed by atoms with Crippen molar-refractivity contribution in [3.63, 3.8) is 0 Å². The van der Waals surface area contributed by atoms with Crippen molar-refractivity contribution in [1.29, 1.82) is 0 Å². The fourth-order valence-corrected chi connectivity index (χ4v) is 1.34. The Morgan fingerprint density at radius 1 is 1.00 bits per heavy atom. The van der Waals surface area contributed by atoms with Crippen LogP contribution in [0.25, 0.3) is 0 Å². The molecule has 0 atom stereocenters. The van der Waals surface area contributed by atoms with E-state index in [0.29, 0.717) is 16.8 Å². The molecule has 1 nitrogen and oxygen atoms in total. The third kappa shape index (κ3) is 2.63. The number of rotatable bonds is 3. The van der Waals surface area contributed by atoms with Gasteiger partial charge in [-0.1, -0.05) is 35.8 Å². The second-order valence-electron chi connectivity index (χ2n) is 3.45. The van der Waals surface area contributed by atoms with Gasteiger partial charge in [0.05, 0.1) is 0 Å². The summed E-state index contributed by atoms with van der Waals surface area (Å²) in [4.78, 5) is 0. The van der Waals surface area contributed by atoms with E-state index < -0.39 is 0 Å². The molecule has 0 aromatic heterocycles. The molecular weight excluding hydrogens is 202 g/mol. The van der Waals surface area contributed by atoms with Crippen LogP contribution in [0.3, 0.4) is 0 Å². The molecule has 2 rings (SSSR count). The van der Waals surface area contributed by atoms with Gasteiger partial charge in [-0.3, -0.25) is 0 Å². The Morgan fingerprint density at radius 2 is 1.69 bits per heavy atom. The lowest BCUT2D eigenvalue weighted by atomic mass is 9.97. The van der Waals surface area contributed by atoms with Gasteiger partial charge in [0.25, 0.3) is 0 Å². The first-order valence-electron chi connectivity index (χ1n) is 4.97. The van der Waals surface area contributed by atoms with E-state index in [0.717, 1.165) is 0 Å². The first-order chi connectivity index (χ1) is 7.75. The molecule has 16 heavy (non-hydrogen) atoms. The molecule has 2 aromatic rings. The van der Waals surface area contributed by atoms with Gasteiger partial charge in [0.15, 0.2) is 0 Å². The van der Waals surface area contributed by atoms with Crippen molar-refractivity contribution in [2.45, 2.75) is 6.61 Å². The lowest BCUT2D eigenvalue weighted by Crippen LogP contribution is -2.02. The van der Waals surface area contributed by atoms with E-state index in [1.165, 1.54) is 6.07 Å². The molecule has 0 aliphatic carbocycles. The zero-order chi connectivity index (χ0) is 11.4. The minimum absolute atomic E-state index is 0.219. The Hall–Kier alpha value is -1.77. The van der Waals surface area contributed by atoms with E-state index in [1.807, 2.05) is 0 Å². The van der Waals surface area contributed by atoms with Crippen molar-refractivity contribution < 1.29 is 9.13 Å². The van der Waals surface area contributed by atoms with Crippen molar-refractivity contribution in [3.8, 4) is 5.75 Å². The van der Waals surface area contributed by atoms with Crippen LogP contribution in [0.15, 0.2) is 48.5 Å². The highest BCUT2D eigenvalue weighted by Gasteiger charge is 2.01. The van der Waals surface area contributed by atoms with E-state index in [1.54, 1.807) is 42.5 Å². The summed E-state index contributed by atoms with van der Waals surface area (Å²) in [5.74, 6) is 0.426. The average Bonchev–Trinajstić information content (AvgIpc) is 2.30. The SMILES string of the molecule is [B]c1ccc(OCc2ccccc2F)cc1. The van der Waals surface area contributed by atoms with E-state index in [2.05, 4.69) is 0 Å². The maximum absolute atomic E-state index is 13.3. The molecule has 0 heterocycles. The highest BCUT2D eigenvalue weighted by molar-refractivity contribution is 6.32. The second kappa shape index (κ2) is 4.84. The standard InChI is InChI=1S/C13H10BFO/c14-11-5-7-12(8-6-11)16-9-10-3-1-2-4-13(10)15/h1-8H,9H2. The fourth-order valence-electron chi connectivity index (χ4n) is 1.34. The van der Waals surface area contributed by atoms with Crippen molar-refractivity contribution in [2.75, 3.05) is 0 Å². The van der Waals surface area contributed by atoms with Gasteiger partial charge >= 0.3 is 0 Å². The van der Waals surface area contributed by atoms with Gasteiger partial charge in [-0.2, -0.15) is 0 Å². The summed E-state index contributed by atoms with van der Waals surface area (Å²) in [5.41, 5.74) is 1.22. The van der Waals surface area contributed by atoms with Crippen LogP contribution in [0.5, 0.6) is 5.75 Å². The van der Waals surface area contributed by atoms with Crippen LogP contribution in [0, 0.1) is 5.82 Å². The summed E-state index contributed by atoms with van der Waals surface area (Å²) >= 11 is 0. The molecule has 0 saturated heterocycles. The zero-order valence-corrected chi connectivity index (χ0v) is 8.69. The molecule has 0 N–H and O–H groups in total. The molecule has 0 fully saturated rings. The number of benzene rings is 2. The first-order valence-corrected chi connectivity index (χ1v) is 4.97. The summed E-state index contributed by atoms with van der Waals surface area (Å²) in [7, 11) is 5.54. The highest BCUT2D eigenvalue weighted by Crippen LogP contribution is 2.12. The molecule has 0 saturated carbocycles. The third-order valence-corrected chi connectivity index (χ3v) is 2.23. The number of ether oxygens (including phenoxy) is 1. The van der Waals surface area contributed by atoms with Gasteiger partial charge in [-0.15, -0.1) is 0 Å². The summed E-state index contributed by atoms with van der Waals surface area (Å²) in [6.07, 6.45) is 0. The summed E-state index contributed by atoms with van der Waals surface area (Å²) in [6, 6.07) is 13.6. The van der Waals surface area contributed by atoms with Crippen LogP contribution in [-0.4, -0.2) is 7.85 Å². The van der Waals surface area contributed by atoms with Gasteiger partial charge in [0, 0.05) is 5.56 Å². The molecule has 0 aliphatic heterocycles. The minimum Gasteiger partial charge on any atom is -0.489 e. The number of hydrogen-bond acceptors (Lipinski definition) is 1. The van der Waals surface area contributed by atoms with Gasteiger partial charge in [0.1, 0.15) is 26.0 Å². The molecule has 3 heteroatoms. The average molecular weight is 212 g/mol. The maximum atomic E-state index is 13.3. The van der Waals surface area contributed by atoms with Crippen LogP contribution in [0.2, 0.25) is 0 Å². The lowest BCUT2D eigenvalue weighted by Gasteiger charge is -2.07. The quantitative estimate of drug-likeness (QED) is 0.708. The van der Waals surface area contributed by atoms with E-state index in [-0.39, 0.29) is 12.4 Å². The largest absolute Gasteiger partial charge is 0.489 e. The Balaban J connectivity index is 2.02. The van der Waals surface area contributed by atoms with Gasteiger partial charge in [-0.25, -0.2) is 4.39 Å². The summed E-state index contributed by atoms with van der Waals surface area (Å²) in [5, 5.41) is 0. The van der Waals surface area contributed by atoms with E-state index >= 15 is 0 Å². The molecule has 0 amide bonds. The monoisotopic (exact) mass is 212 g/mol. The molecule has 0 unspecified atom stereocenters. The molecule has 78 valence electrons. The molecule has 2 radical (unpaired) electrons. The molecule has 0 spiro atoms. The minimum atomic E-state index is -0.252. The smallest absolute Gasteiger partial charge is 0.129 e. The Morgan fingerprint density at radius 3 is 2.38 bits per heavy atom. The third-order valence-electron chi connectivity index (χ3n) is 2.23. The molecular formula is C13H10BFO. The van der Waals surface area contributed by atoms with Gasteiger partial charge < -0.3 is 4.74 Å². The Bertz CT molecular complexity index is 468. The maximum Gasteiger partial charge on any atom is 0.129 e. The summed E-state index contributed by atoms with van der Waals surface area (Å²) < 4.78 is 18.7. The first kappa shape index (κ1) is 10.7. The van der Waals surface area contributed by atoms with E-state index in [4.69, 9.17) is 12.6 Å². The molecule has 0 aliphatic rings. The van der Waals surface area contributed by atoms with Crippen LogP contribution in [-0.2, 0) is 6.61 Å². The Kier molecular flexibility index (Phi) is 3.25. The van der Waals surface area contributed by atoms with Crippen molar-refractivity contribution >= 4 is 13.3 Å². The predicted molar refractivity (Wildman–Crippen MR) is 62.6 cm³/mol. The number of hydrogen-bond donors (Lipinski definition) is 0. The van der Waals surface area contributed by atoms with Crippen LogP contribution >= 0.6 is 0 Å². The van der Waals surface area contributed by atoms with Crippen molar-refractivity contribution in [2.24, 2.45) is 0 Å². The van der Waals surface area contributed by atoms with Crippen LogP contribution in [0.1, 0.15) is 5.56 Å². The van der Waals surface area contributed by atoms with Crippen LogP contribution < -0.4 is 10.2 Å². The zero-order valence-electron chi connectivity index (χ0n) is 8.69. The number of halogens is 1. The topological polar surface area (TPSA) is 9.23 Å². The van der Waals surface area contributed by atoms with E-state index in [9.17, 15) is 4.39 Å². The van der Waals surface area contributed by atoms with Gasteiger partial charge in [-0.05, 0) is 18.2 Å². The van der Waals surface area contributed by atoms with Gasteiger partial charge in [0.2, 0.25) is 0 Å². The fraction of sp³-hybridized carbons (Fsp3) is 0.0769. The molecule has 0 bridgehead atoms. The molecule has 2 aromatic carbocycles. The normalized spacial score (nSPS) is 10.1. The van der Waals surface area contributed by atoms with Crippen molar-refractivity contribution in [1.82, 2.24) is 0 Å². The predicted octanol–water partition coefficient (Wildman–Crippen LogP) is 2.20. The highest BCUT2D eigenvalue weighted by atomic mass is 19.1.